The smallest absolute Gasteiger partial charge is 0.508 e. The quantitative estimate of drug-likeness (QED) is 0.0324. The van der Waals surface area contributed by atoms with Crippen LogP contribution in [0, 0.1) is 0 Å². The molecular weight excluding hydrogens is 936 g/mol. The molecule has 5 N–H and O–H groups in total. The van der Waals surface area contributed by atoms with Gasteiger partial charge in [0.1, 0.15) is 11.5 Å². The molecule has 0 aliphatic carbocycles. The fourth-order valence-electron chi connectivity index (χ4n) is 9.35. The monoisotopic (exact) mass is 997 g/mol. The van der Waals surface area contributed by atoms with Crippen LogP contribution in [0.1, 0.15) is 102 Å². The number of hydrogen-bond acceptors (Lipinski definition) is 8. The second-order valence-corrected chi connectivity index (χ2v) is 19.5. The molecular formula is C55H62BF2N7O6S. The number of likely N-dealkylation sites (N-methyl/N-ethyl adjacent to an activating group) is 1. The summed E-state index contributed by atoms with van der Waals surface area (Å²) in [7, 11) is 2.11. The molecule has 3 aliphatic heterocycles. The van der Waals surface area contributed by atoms with Crippen LogP contribution in [0.4, 0.5) is 14.3 Å². The highest BCUT2D eigenvalue weighted by atomic mass is 32.1. The Kier molecular flexibility index (Phi) is 17.3. The first-order valence-corrected chi connectivity index (χ1v) is 25.7. The van der Waals surface area contributed by atoms with Gasteiger partial charge in [-0.05, 0) is 127 Å². The number of thiophene rings is 1. The number of amides is 4. The number of unbranched alkanes of at least 4 members (excludes halogenated alkanes) is 4. The van der Waals surface area contributed by atoms with E-state index < -0.39 is 6.97 Å². The third-order valence-electron chi connectivity index (χ3n) is 13.2. The van der Waals surface area contributed by atoms with Crippen LogP contribution in [-0.2, 0) is 25.6 Å². The molecule has 1 atom stereocenters. The Morgan fingerprint density at radius 3 is 2.26 bits per heavy atom. The molecule has 1 unspecified atom stereocenters. The number of fused-ring (bicyclic) bond motifs is 3. The van der Waals surface area contributed by atoms with Crippen LogP contribution in [0.2, 0.25) is 0 Å². The van der Waals surface area contributed by atoms with Gasteiger partial charge >= 0.3 is 6.97 Å². The van der Waals surface area contributed by atoms with Gasteiger partial charge in [0.25, 0.3) is 5.91 Å². The molecule has 8 rings (SSSR count). The van der Waals surface area contributed by atoms with E-state index in [1.54, 1.807) is 72.8 Å². The average molecular weight is 998 g/mol. The first kappa shape index (κ1) is 51.3. The second-order valence-electron chi connectivity index (χ2n) is 18.5. The van der Waals surface area contributed by atoms with E-state index in [2.05, 4.69) is 33.2 Å². The lowest BCUT2D eigenvalue weighted by molar-refractivity contribution is -0.360. The van der Waals surface area contributed by atoms with E-state index >= 15 is 8.63 Å². The number of carbonyl (C=O) groups is 4. The van der Waals surface area contributed by atoms with Crippen molar-refractivity contribution in [2.45, 2.75) is 70.1 Å². The number of anilines is 1. The second kappa shape index (κ2) is 24.3. The fraction of sp³-hybridized carbons (Fsp3) is 0.327. The van der Waals surface area contributed by atoms with Crippen molar-refractivity contribution in [3.8, 4) is 11.5 Å². The van der Waals surface area contributed by atoms with Crippen molar-refractivity contribution in [1.29, 1.82) is 0 Å². The Hall–Kier alpha value is -7.11. The molecule has 13 nitrogen and oxygen atoms in total. The van der Waals surface area contributed by atoms with Gasteiger partial charge in [-0.1, -0.05) is 55.3 Å². The highest BCUT2D eigenvalue weighted by Crippen LogP contribution is 2.36. The number of benzene rings is 3. The standard InChI is InChI=1S/C55H62BF2N7O6S/c1-63-33-29-41-17-24-46(66)36-48(41)49(37-63)40-15-18-42(19-16-40)62-54(69)11-5-3-6-30-59-53(68)28-32-61-52(67)10-4-2-7-31-60-55(70)38-71-47-25-13-39(14-26-47)12-20-43-21-22-44-35-45-23-27-50(51-9-8-34-72-51)65(45)56(57,58)64(43)44/h8-9,12-27,34-36,49,66H,2-7,10-11,28-33,37-38H2,1H3,(H,59,68)(H,60,70)(H,61,67)(H,62,69)/b20-12+. The van der Waals surface area contributed by atoms with Crippen LogP contribution in [0.15, 0.2) is 114 Å². The highest BCUT2D eigenvalue weighted by Gasteiger charge is 2.52. The Labute approximate surface area is 423 Å². The summed E-state index contributed by atoms with van der Waals surface area (Å²) in [4.78, 5) is 52.7. The van der Waals surface area contributed by atoms with E-state index in [0.717, 1.165) is 75.0 Å². The van der Waals surface area contributed by atoms with E-state index in [4.69, 9.17) is 4.74 Å². The predicted octanol–water partition coefficient (Wildman–Crippen LogP) is 8.57. The lowest BCUT2D eigenvalue weighted by Gasteiger charge is -2.30. The van der Waals surface area contributed by atoms with Gasteiger partial charge in [0.15, 0.2) is 18.0 Å². The zero-order chi connectivity index (χ0) is 50.5. The van der Waals surface area contributed by atoms with E-state index in [-0.39, 0.29) is 54.9 Å². The van der Waals surface area contributed by atoms with E-state index in [9.17, 15) is 24.3 Å². The zero-order valence-electron chi connectivity index (χ0n) is 40.6. The molecule has 0 bridgehead atoms. The number of halogens is 2. The summed E-state index contributed by atoms with van der Waals surface area (Å²) < 4.78 is 40.1. The summed E-state index contributed by atoms with van der Waals surface area (Å²) in [5.74, 6) is 0.309. The van der Waals surface area contributed by atoms with Crippen LogP contribution in [-0.4, -0.2) is 102 Å². The van der Waals surface area contributed by atoms with Gasteiger partial charge in [-0.3, -0.25) is 19.2 Å². The number of aromatic hydroxyl groups is 1. The maximum atomic E-state index is 16.1. The van der Waals surface area contributed by atoms with Gasteiger partial charge in [-0.25, -0.2) is 0 Å². The maximum Gasteiger partial charge on any atom is 0.737 e. The average Bonchev–Trinajstić information content (AvgIpc) is 4.14. The lowest BCUT2D eigenvalue weighted by Crippen LogP contribution is -2.50. The van der Waals surface area contributed by atoms with Crippen molar-refractivity contribution in [2.75, 3.05) is 51.7 Å². The molecule has 3 aromatic carbocycles. The Morgan fingerprint density at radius 1 is 0.792 bits per heavy atom. The van der Waals surface area contributed by atoms with E-state index in [1.807, 2.05) is 53.9 Å². The SMILES string of the molecule is CN1CCc2ccc(O)cc2C(c2ccc(NC(=O)CCCCCNC(=O)CCNC(=O)CCCCCNC(=O)COc3ccc(/C=C/c4ccc5n4[B-](F)(F)[N+]4=C(c6cccs6)C=CC4=C5)cc3)cc2)C1. The number of carbonyl (C=O) groups excluding carboxylic acids is 4. The topological polar surface area (TPSA) is 157 Å². The summed E-state index contributed by atoms with van der Waals surface area (Å²) in [5, 5.41) is 23.5. The van der Waals surface area contributed by atoms with Gasteiger partial charge in [-0.2, -0.15) is 0 Å². The highest BCUT2D eigenvalue weighted by molar-refractivity contribution is 7.12. The Balaban J connectivity index is 0.625. The van der Waals surface area contributed by atoms with Crippen LogP contribution in [0.5, 0.6) is 11.5 Å². The largest absolute Gasteiger partial charge is 0.737 e. The van der Waals surface area contributed by atoms with Crippen molar-refractivity contribution in [2.24, 2.45) is 0 Å². The maximum absolute atomic E-state index is 16.1. The zero-order valence-corrected chi connectivity index (χ0v) is 41.4. The molecule has 0 saturated heterocycles. The first-order valence-electron chi connectivity index (χ1n) is 24.9. The number of aromatic nitrogens is 1. The van der Waals surface area contributed by atoms with Crippen LogP contribution in [0.3, 0.4) is 0 Å². The fourth-order valence-corrected chi connectivity index (χ4v) is 10.1. The molecule has 0 saturated carbocycles. The minimum Gasteiger partial charge on any atom is -0.508 e. The number of rotatable bonds is 23. The van der Waals surface area contributed by atoms with Gasteiger partial charge in [0.2, 0.25) is 17.7 Å². The molecule has 5 aromatic rings. The van der Waals surface area contributed by atoms with Crippen molar-refractivity contribution in [1.82, 2.24) is 25.3 Å². The summed E-state index contributed by atoms with van der Waals surface area (Å²) in [6, 6.07) is 27.7. The van der Waals surface area contributed by atoms with Gasteiger partial charge in [-0.15, -0.1) is 11.3 Å². The van der Waals surface area contributed by atoms with Gasteiger partial charge in [0, 0.05) is 93.2 Å². The van der Waals surface area contributed by atoms with Gasteiger partial charge in [0.05, 0.1) is 4.88 Å². The van der Waals surface area contributed by atoms with E-state index in [1.165, 1.54) is 16.9 Å². The summed E-state index contributed by atoms with van der Waals surface area (Å²) in [5.41, 5.74) is 6.85. The number of nitrogens with zero attached hydrogens (tertiary/aromatic N) is 3. The summed E-state index contributed by atoms with van der Waals surface area (Å²) in [6.45, 7) is -1.30. The molecule has 376 valence electrons. The summed E-state index contributed by atoms with van der Waals surface area (Å²) >= 11 is 1.43. The number of ether oxygens (including phenoxy) is 1. The van der Waals surface area contributed by atoms with Crippen LogP contribution >= 0.6 is 11.3 Å². The predicted molar refractivity (Wildman–Crippen MR) is 281 cm³/mol. The van der Waals surface area contributed by atoms with Gasteiger partial charge < -0.3 is 53.6 Å². The van der Waals surface area contributed by atoms with Crippen molar-refractivity contribution >= 4 is 71.6 Å². The lowest BCUT2D eigenvalue weighted by atomic mass is 9.88. The van der Waals surface area contributed by atoms with E-state index in [0.29, 0.717) is 73.7 Å². The molecule has 3 aliphatic rings. The first-order chi connectivity index (χ1) is 34.9. The van der Waals surface area contributed by atoms with Crippen molar-refractivity contribution in [3.63, 3.8) is 0 Å². The normalized spacial score (nSPS) is 15.8. The minimum atomic E-state index is -4.13. The number of phenolic OH excluding ortho intramolecular Hbond substituents is 1. The molecule has 5 heterocycles. The van der Waals surface area contributed by atoms with Crippen molar-refractivity contribution in [3.05, 3.63) is 153 Å². The van der Waals surface area contributed by atoms with Crippen LogP contribution in [0.25, 0.3) is 18.2 Å². The minimum absolute atomic E-state index is 0.0548. The molecule has 4 amide bonds. The number of phenols is 1. The molecule has 17 heteroatoms. The number of allylic oxidation sites excluding steroid dienone is 2. The molecule has 72 heavy (non-hydrogen) atoms. The third kappa shape index (κ3) is 13.4. The Morgan fingerprint density at radius 2 is 1.51 bits per heavy atom. The molecule has 2 aromatic heterocycles. The summed E-state index contributed by atoms with van der Waals surface area (Å²) in [6.07, 6.45) is 14.8. The number of nitrogens with one attached hydrogen (secondary N) is 4. The third-order valence-corrected chi connectivity index (χ3v) is 14.0. The molecule has 0 fully saturated rings. The molecule has 0 radical (unpaired) electrons. The molecule has 0 spiro atoms. The van der Waals surface area contributed by atoms with Crippen molar-refractivity contribution < 1.29 is 42.1 Å². The van der Waals surface area contributed by atoms with Crippen LogP contribution < -0.4 is 26.0 Å². The Bertz CT molecular complexity index is 2840. The number of hydrogen-bond donors (Lipinski definition) is 5.